The summed E-state index contributed by atoms with van der Waals surface area (Å²) in [7, 11) is 0. The second-order valence-corrected chi connectivity index (χ2v) is 10.1. The van der Waals surface area contributed by atoms with Gasteiger partial charge in [-0.15, -0.1) is 0 Å². The third kappa shape index (κ3) is 6.75. The minimum absolute atomic E-state index is 0.0423. The number of halogens is 4. The standard InChI is InChI=1S/C26H32ClF3N4O/c27-19-3-8-22(9-4-19)34-13-11-17(12-14-34)16-32-25(35)18-1-5-20(6-2-18)33-21-7-10-24(31)23(15-21)26(28,29)30/h3-4,7-10,15,17-18,20,33H,1-2,5-6,11-14,16,31H2,(H,32,35). The molecule has 1 saturated carbocycles. The zero-order valence-electron chi connectivity index (χ0n) is 19.6. The van der Waals surface area contributed by atoms with Crippen LogP contribution in [-0.4, -0.2) is 31.6 Å². The maximum Gasteiger partial charge on any atom is 0.418 e. The van der Waals surface area contributed by atoms with Crippen LogP contribution in [0.5, 0.6) is 0 Å². The van der Waals surface area contributed by atoms with Gasteiger partial charge in [0.15, 0.2) is 0 Å². The lowest BCUT2D eigenvalue weighted by Gasteiger charge is -2.34. The molecule has 0 aromatic heterocycles. The maximum atomic E-state index is 13.1. The first-order chi connectivity index (χ1) is 16.7. The maximum absolute atomic E-state index is 13.1. The van der Waals surface area contributed by atoms with Crippen LogP contribution in [0.2, 0.25) is 5.02 Å². The second kappa shape index (κ2) is 11.0. The molecule has 5 nitrogen and oxygen atoms in total. The number of nitrogens with one attached hydrogen (secondary N) is 2. The molecule has 0 unspecified atom stereocenters. The van der Waals surface area contributed by atoms with Crippen molar-refractivity contribution in [1.82, 2.24) is 5.32 Å². The minimum Gasteiger partial charge on any atom is -0.398 e. The molecular formula is C26H32ClF3N4O. The fourth-order valence-corrected chi connectivity index (χ4v) is 5.19. The lowest BCUT2D eigenvalue weighted by Crippen LogP contribution is -2.41. The monoisotopic (exact) mass is 508 g/mol. The number of alkyl halides is 3. The quantitative estimate of drug-likeness (QED) is 0.422. The molecule has 4 N–H and O–H groups in total. The topological polar surface area (TPSA) is 70.4 Å². The van der Waals surface area contributed by atoms with E-state index in [0.29, 0.717) is 18.2 Å². The molecule has 0 spiro atoms. The van der Waals surface area contributed by atoms with Gasteiger partial charge in [-0.25, -0.2) is 0 Å². The summed E-state index contributed by atoms with van der Waals surface area (Å²) in [4.78, 5) is 15.1. The Labute approximate surface area is 209 Å². The fourth-order valence-electron chi connectivity index (χ4n) is 5.06. The van der Waals surface area contributed by atoms with Crippen LogP contribution < -0.4 is 21.3 Å². The molecule has 1 saturated heterocycles. The first-order valence-electron chi connectivity index (χ1n) is 12.2. The molecule has 2 aromatic rings. The molecule has 0 atom stereocenters. The van der Waals surface area contributed by atoms with Crippen LogP contribution in [-0.2, 0) is 11.0 Å². The van der Waals surface area contributed by atoms with Crippen molar-refractivity contribution in [3.05, 3.63) is 53.1 Å². The SMILES string of the molecule is Nc1ccc(NC2CCC(C(=O)NCC3CCN(c4ccc(Cl)cc4)CC3)CC2)cc1C(F)(F)F. The molecule has 1 aliphatic heterocycles. The number of piperidine rings is 1. The van der Waals surface area contributed by atoms with E-state index in [0.717, 1.165) is 62.7 Å². The van der Waals surface area contributed by atoms with Gasteiger partial charge in [0.2, 0.25) is 5.91 Å². The van der Waals surface area contributed by atoms with Crippen LogP contribution in [0.1, 0.15) is 44.1 Å². The molecule has 4 rings (SSSR count). The first-order valence-corrected chi connectivity index (χ1v) is 12.6. The molecule has 2 aromatic carbocycles. The lowest BCUT2D eigenvalue weighted by atomic mass is 9.85. The van der Waals surface area contributed by atoms with Crippen LogP contribution in [0, 0.1) is 11.8 Å². The lowest BCUT2D eigenvalue weighted by molar-refractivity contribution is -0.136. The van der Waals surface area contributed by atoms with Crippen LogP contribution in [0.4, 0.5) is 30.2 Å². The number of nitrogens with two attached hydrogens (primary N) is 1. The predicted octanol–water partition coefficient (Wildman–Crippen LogP) is 5.94. The molecule has 0 bridgehead atoms. The highest BCUT2D eigenvalue weighted by Crippen LogP contribution is 2.36. The number of benzene rings is 2. The summed E-state index contributed by atoms with van der Waals surface area (Å²) >= 11 is 5.97. The minimum atomic E-state index is -4.48. The highest BCUT2D eigenvalue weighted by atomic mass is 35.5. The fraction of sp³-hybridized carbons (Fsp3) is 0.500. The number of carbonyl (C=O) groups is 1. The first kappa shape index (κ1) is 25.5. The highest BCUT2D eigenvalue weighted by Gasteiger charge is 2.33. The van der Waals surface area contributed by atoms with Gasteiger partial charge in [0.25, 0.3) is 0 Å². The van der Waals surface area contributed by atoms with Crippen molar-refractivity contribution in [2.24, 2.45) is 11.8 Å². The number of anilines is 3. The number of nitrogen functional groups attached to an aromatic ring is 1. The van der Waals surface area contributed by atoms with E-state index in [1.807, 2.05) is 24.3 Å². The molecular weight excluding hydrogens is 477 g/mol. The highest BCUT2D eigenvalue weighted by molar-refractivity contribution is 6.30. The van der Waals surface area contributed by atoms with Crippen LogP contribution in [0.3, 0.4) is 0 Å². The van der Waals surface area contributed by atoms with Crippen LogP contribution in [0.25, 0.3) is 0 Å². The molecule has 190 valence electrons. The largest absolute Gasteiger partial charge is 0.418 e. The number of nitrogens with zero attached hydrogens (tertiary/aromatic N) is 1. The summed E-state index contributed by atoms with van der Waals surface area (Å²) in [6, 6.07) is 11.8. The van der Waals surface area contributed by atoms with E-state index in [1.165, 1.54) is 11.8 Å². The zero-order valence-corrected chi connectivity index (χ0v) is 20.3. The van der Waals surface area contributed by atoms with Crippen molar-refractivity contribution < 1.29 is 18.0 Å². The normalized spacial score (nSPS) is 21.5. The molecule has 1 amide bonds. The summed E-state index contributed by atoms with van der Waals surface area (Å²) in [6.45, 7) is 2.61. The van der Waals surface area contributed by atoms with Gasteiger partial charge in [0.05, 0.1) is 5.56 Å². The summed E-state index contributed by atoms with van der Waals surface area (Å²) < 4.78 is 39.3. The Morgan fingerprint density at radius 1 is 1.00 bits per heavy atom. The van der Waals surface area contributed by atoms with Gasteiger partial charge >= 0.3 is 6.18 Å². The third-order valence-corrected chi connectivity index (χ3v) is 7.45. The molecule has 2 fully saturated rings. The van der Waals surface area contributed by atoms with Crippen LogP contribution >= 0.6 is 11.6 Å². The number of hydrogen-bond acceptors (Lipinski definition) is 4. The van der Waals surface area contributed by atoms with Gasteiger partial charge in [-0.3, -0.25) is 4.79 Å². The average Bonchev–Trinajstić information content (AvgIpc) is 2.84. The van der Waals surface area contributed by atoms with Gasteiger partial charge in [0.1, 0.15) is 0 Å². The smallest absolute Gasteiger partial charge is 0.398 e. The van der Waals surface area contributed by atoms with Crippen molar-refractivity contribution in [3.63, 3.8) is 0 Å². The van der Waals surface area contributed by atoms with Gasteiger partial charge in [-0.05, 0) is 86.9 Å². The Kier molecular flexibility index (Phi) is 7.99. The summed E-state index contributed by atoms with van der Waals surface area (Å²) in [5, 5.41) is 7.06. The summed E-state index contributed by atoms with van der Waals surface area (Å²) in [5.74, 6) is 0.517. The zero-order chi connectivity index (χ0) is 25.0. The number of rotatable bonds is 6. The molecule has 35 heavy (non-hydrogen) atoms. The van der Waals surface area contributed by atoms with Crippen LogP contribution in [0.15, 0.2) is 42.5 Å². The molecule has 1 aliphatic carbocycles. The molecule has 2 aliphatic rings. The number of amides is 1. The van der Waals surface area contributed by atoms with E-state index in [4.69, 9.17) is 17.3 Å². The third-order valence-electron chi connectivity index (χ3n) is 7.20. The average molecular weight is 509 g/mol. The Morgan fingerprint density at radius 3 is 2.29 bits per heavy atom. The van der Waals surface area contributed by atoms with Crippen molar-refractivity contribution in [3.8, 4) is 0 Å². The van der Waals surface area contributed by atoms with Gasteiger partial charge in [0, 0.05) is 53.7 Å². The van der Waals surface area contributed by atoms with Crippen molar-refractivity contribution in [2.45, 2.75) is 50.7 Å². The Balaban J connectivity index is 1.18. The van der Waals surface area contributed by atoms with E-state index in [2.05, 4.69) is 15.5 Å². The Bertz CT molecular complexity index is 999. The second-order valence-electron chi connectivity index (χ2n) is 9.64. The van der Waals surface area contributed by atoms with Gasteiger partial charge in [-0.1, -0.05) is 11.6 Å². The van der Waals surface area contributed by atoms with Crippen molar-refractivity contribution >= 4 is 34.6 Å². The van der Waals surface area contributed by atoms with E-state index in [1.54, 1.807) is 6.07 Å². The van der Waals surface area contributed by atoms with Gasteiger partial charge in [-0.2, -0.15) is 13.2 Å². The van der Waals surface area contributed by atoms with E-state index in [9.17, 15) is 18.0 Å². The molecule has 9 heteroatoms. The van der Waals surface area contributed by atoms with Gasteiger partial charge < -0.3 is 21.3 Å². The Morgan fingerprint density at radius 2 is 1.66 bits per heavy atom. The van der Waals surface area contributed by atoms with E-state index >= 15 is 0 Å². The van der Waals surface area contributed by atoms with E-state index < -0.39 is 11.7 Å². The Hall–Kier alpha value is -2.61. The summed E-state index contributed by atoms with van der Waals surface area (Å²) in [5.41, 5.74) is 5.96. The summed E-state index contributed by atoms with van der Waals surface area (Å²) in [6.07, 6.45) is 0.498. The predicted molar refractivity (Wildman–Crippen MR) is 135 cm³/mol. The van der Waals surface area contributed by atoms with Crippen molar-refractivity contribution in [1.29, 1.82) is 0 Å². The molecule has 1 heterocycles. The van der Waals surface area contributed by atoms with E-state index in [-0.39, 0.29) is 23.6 Å². The molecule has 0 radical (unpaired) electrons. The van der Waals surface area contributed by atoms with Crippen molar-refractivity contribution in [2.75, 3.05) is 35.6 Å². The number of hydrogen-bond donors (Lipinski definition) is 3. The number of carbonyl (C=O) groups excluding carboxylic acids is 1.